The molecule has 0 N–H and O–H groups in total. The molecule has 3 aromatic rings. The van der Waals surface area contributed by atoms with Crippen molar-refractivity contribution in [2.24, 2.45) is 4.99 Å². The molecule has 2 aromatic carbocycles. The molecule has 0 unspecified atom stereocenters. The maximum atomic E-state index is 13.9. The molecule has 1 aliphatic rings. The molecule has 0 aliphatic carbocycles. The van der Waals surface area contributed by atoms with E-state index >= 15 is 0 Å². The number of esters is 1. The van der Waals surface area contributed by atoms with Gasteiger partial charge in [-0.15, -0.1) is 0 Å². The summed E-state index contributed by atoms with van der Waals surface area (Å²) in [5.74, 6) is 1.27. The van der Waals surface area contributed by atoms with Crippen LogP contribution in [-0.4, -0.2) is 37.0 Å². The summed E-state index contributed by atoms with van der Waals surface area (Å²) in [4.78, 5) is 31.7. The van der Waals surface area contributed by atoms with Crippen molar-refractivity contribution in [2.45, 2.75) is 39.8 Å². The molecule has 11 heteroatoms. The second kappa shape index (κ2) is 12.9. The van der Waals surface area contributed by atoms with Crippen molar-refractivity contribution >= 4 is 68.6 Å². The van der Waals surface area contributed by atoms with Crippen molar-refractivity contribution in [3.8, 4) is 17.2 Å². The maximum absolute atomic E-state index is 13.9. The zero-order valence-electron chi connectivity index (χ0n) is 22.1. The lowest BCUT2D eigenvalue weighted by molar-refractivity contribution is -0.136. The highest BCUT2D eigenvalue weighted by molar-refractivity contribution is 14.1. The van der Waals surface area contributed by atoms with E-state index in [4.69, 9.17) is 18.9 Å². The number of methoxy groups -OCH3 is 1. The van der Waals surface area contributed by atoms with Crippen molar-refractivity contribution in [3.05, 3.63) is 80.1 Å². The summed E-state index contributed by atoms with van der Waals surface area (Å²) in [6.07, 6.45) is 3.27. The standard InChI is InChI=1S/C28H28I2N2O6S/c1-6-36-21-9-8-16(11-22(21)37-7-2)24-19(27(34)35-5)14-31-28-32(24)26(33)23(39-28)12-17-10-18(29)13-20(30)25(17)38-15(3)4/h8-15,24H,6-7H2,1-5H3/b23-12+/t24-/m0/s1. The number of carbonyl (C=O) groups excluding carboxylic acids is 1. The molecule has 1 atom stereocenters. The maximum Gasteiger partial charge on any atom is 0.337 e. The van der Waals surface area contributed by atoms with Crippen LogP contribution in [0.25, 0.3) is 6.08 Å². The van der Waals surface area contributed by atoms with E-state index in [1.807, 2.05) is 52.0 Å². The normalized spacial score (nSPS) is 14.9. The average Bonchev–Trinajstić information content (AvgIpc) is 3.21. The Bertz CT molecular complexity index is 1610. The van der Waals surface area contributed by atoms with Crippen molar-refractivity contribution < 1.29 is 23.7 Å². The highest BCUT2D eigenvalue weighted by atomic mass is 127. The Hall–Kier alpha value is -2.39. The number of benzene rings is 2. The number of halogens is 2. The largest absolute Gasteiger partial charge is 0.490 e. The van der Waals surface area contributed by atoms with Gasteiger partial charge in [0.15, 0.2) is 16.3 Å². The molecule has 0 spiro atoms. The number of carbonyl (C=O) groups is 1. The van der Waals surface area contributed by atoms with Gasteiger partial charge in [-0.25, -0.2) is 9.79 Å². The van der Waals surface area contributed by atoms with E-state index < -0.39 is 12.0 Å². The SMILES string of the molecule is CCOc1ccc([C@H]2C(C(=O)OC)=CN=c3s/c(=C/c4cc(I)cc(I)c4OC(C)C)c(=O)n32)cc1OCC. The molecule has 1 aliphatic heterocycles. The lowest BCUT2D eigenvalue weighted by Gasteiger charge is -2.23. The molecule has 0 saturated carbocycles. The molecule has 8 nitrogen and oxygen atoms in total. The third-order valence-corrected chi connectivity index (χ3v) is 8.11. The fraction of sp³-hybridized carbons (Fsp3) is 0.321. The number of aromatic nitrogens is 1. The van der Waals surface area contributed by atoms with Gasteiger partial charge in [-0.1, -0.05) is 17.4 Å². The lowest BCUT2D eigenvalue weighted by Crippen LogP contribution is -2.39. The number of fused-ring (bicyclic) bond motifs is 1. The van der Waals surface area contributed by atoms with Gasteiger partial charge in [0, 0.05) is 15.3 Å². The highest BCUT2D eigenvalue weighted by Gasteiger charge is 2.31. The van der Waals surface area contributed by atoms with Gasteiger partial charge >= 0.3 is 5.97 Å². The minimum atomic E-state index is -0.756. The summed E-state index contributed by atoms with van der Waals surface area (Å²) in [6.45, 7) is 8.62. The average molecular weight is 774 g/mol. The van der Waals surface area contributed by atoms with Crippen LogP contribution in [0, 0.1) is 7.14 Å². The molecule has 2 heterocycles. The molecule has 0 amide bonds. The van der Waals surface area contributed by atoms with Crippen molar-refractivity contribution in [1.29, 1.82) is 0 Å². The van der Waals surface area contributed by atoms with Crippen molar-refractivity contribution in [2.75, 3.05) is 20.3 Å². The van der Waals surface area contributed by atoms with Crippen LogP contribution in [-0.2, 0) is 9.53 Å². The Balaban J connectivity index is 1.93. The van der Waals surface area contributed by atoms with E-state index in [1.165, 1.54) is 29.2 Å². The number of thiazole rings is 1. The van der Waals surface area contributed by atoms with Crippen LogP contribution in [0.3, 0.4) is 0 Å². The first-order valence-electron chi connectivity index (χ1n) is 12.3. The quantitative estimate of drug-likeness (QED) is 0.229. The Morgan fingerprint density at radius 1 is 1.13 bits per heavy atom. The predicted molar refractivity (Wildman–Crippen MR) is 168 cm³/mol. The van der Waals surface area contributed by atoms with Crippen LogP contribution in [0.15, 0.2) is 51.9 Å². The minimum Gasteiger partial charge on any atom is -0.490 e. The van der Waals surface area contributed by atoms with E-state index in [-0.39, 0.29) is 17.2 Å². The number of ether oxygens (including phenoxy) is 4. The molecule has 206 valence electrons. The van der Waals surface area contributed by atoms with Gasteiger partial charge in [0.05, 0.1) is 46.1 Å². The molecule has 0 bridgehead atoms. The highest BCUT2D eigenvalue weighted by Crippen LogP contribution is 2.35. The zero-order valence-corrected chi connectivity index (χ0v) is 27.2. The molecular formula is C28H28I2N2O6S. The number of nitrogens with zero attached hydrogens (tertiary/aromatic N) is 2. The molecule has 0 radical (unpaired) electrons. The van der Waals surface area contributed by atoms with Gasteiger partial charge < -0.3 is 18.9 Å². The smallest absolute Gasteiger partial charge is 0.337 e. The van der Waals surface area contributed by atoms with Crippen molar-refractivity contribution in [3.63, 3.8) is 0 Å². The van der Waals surface area contributed by atoms with Gasteiger partial charge in [0.25, 0.3) is 5.56 Å². The fourth-order valence-corrected chi connectivity index (χ4v) is 7.15. The third kappa shape index (κ3) is 6.35. The van der Waals surface area contributed by atoms with Gasteiger partial charge in [-0.05, 0) is 109 Å². The van der Waals surface area contributed by atoms with Gasteiger partial charge in [-0.3, -0.25) is 9.36 Å². The second-order valence-electron chi connectivity index (χ2n) is 8.72. The summed E-state index contributed by atoms with van der Waals surface area (Å²) in [7, 11) is 1.31. The Labute approximate surface area is 257 Å². The molecule has 39 heavy (non-hydrogen) atoms. The van der Waals surface area contributed by atoms with Gasteiger partial charge in [-0.2, -0.15) is 0 Å². The summed E-state index contributed by atoms with van der Waals surface area (Å²) < 4.78 is 26.7. The van der Waals surface area contributed by atoms with E-state index in [1.54, 1.807) is 12.1 Å². The number of hydrogen-bond acceptors (Lipinski definition) is 8. The predicted octanol–water partition coefficient (Wildman–Crippen LogP) is 4.81. The summed E-state index contributed by atoms with van der Waals surface area (Å²) in [6, 6.07) is 8.67. The first-order chi connectivity index (χ1) is 18.7. The topological polar surface area (TPSA) is 88.4 Å². The van der Waals surface area contributed by atoms with Crippen LogP contribution in [0.5, 0.6) is 17.2 Å². The Morgan fingerprint density at radius 2 is 1.85 bits per heavy atom. The van der Waals surface area contributed by atoms with Crippen LogP contribution in [0.2, 0.25) is 0 Å². The molecular weight excluding hydrogens is 746 g/mol. The molecule has 4 rings (SSSR count). The third-order valence-electron chi connectivity index (χ3n) is 5.69. The van der Waals surface area contributed by atoms with E-state index in [2.05, 4.69) is 50.2 Å². The Morgan fingerprint density at radius 3 is 2.51 bits per heavy atom. The zero-order chi connectivity index (χ0) is 28.3. The van der Waals surface area contributed by atoms with Gasteiger partial charge in [0.2, 0.25) is 0 Å². The summed E-state index contributed by atoms with van der Waals surface area (Å²) in [5, 5.41) is 0. The van der Waals surface area contributed by atoms with E-state index in [0.717, 1.165) is 18.5 Å². The number of rotatable bonds is 9. The molecule has 0 fully saturated rings. The van der Waals surface area contributed by atoms with E-state index in [9.17, 15) is 9.59 Å². The van der Waals surface area contributed by atoms with Crippen LogP contribution in [0.4, 0.5) is 0 Å². The van der Waals surface area contributed by atoms with Crippen molar-refractivity contribution in [1.82, 2.24) is 4.57 Å². The fourth-order valence-electron chi connectivity index (χ4n) is 4.18. The molecule has 0 saturated heterocycles. The number of hydrogen-bond donors (Lipinski definition) is 0. The minimum absolute atomic E-state index is 0.0336. The summed E-state index contributed by atoms with van der Waals surface area (Å²) in [5.41, 5.74) is 1.45. The van der Waals surface area contributed by atoms with Crippen LogP contribution >= 0.6 is 56.5 Å². The summed E-state index contributed by atoms with van der Waals surface area (Å²) >= 11 is 5.75. The monoisotopic (exact) mass is 774 g/mol. The second-order valence-corrected chi connectivity index (χ2v) is 12.1. The molecule has 1 aromatic heterocycles. The van der Waals surface area contributed by atoms with Crippen LogP contribution in [0.1, 0.15) is 44.9 Å². The first-order valence-corrected chi connectivity index (χ1v) is 15.3. The van der Waals surface area contributed by atoms with Crippen LogP contribution < -0.4 is 29.1 Å². The first kappa shape index (κ1) is 29.6. The lowest BCUT2D eigenvalue weighted by atomic mass is 9.97. The van der Waals surface area contributed by atoms with E-state index in [0.29, 0.717) is 39.6 Å². The van der Waals surface area contributed by atoms with Gasteiger partial charge in [0.1, 0.15) is 5.75 Å². The Kier molecular flexibility index (Phi) is 9.75.